The van der Waals surface area contributed by atoms with Crippen LogP contribution in [0.3, 0.4) is 0 Å². The van der Waals surface area contributed by atoms with Crippen LogP contribution in [-0.2, 0) is 0 Å². The van der Waals surface area contributed by atoms with Crippen molar-refractivity contribution in [1.82, 2.24) is 0 Å². The second kappa shape index (κ2) is 6.46. The molecule has 0 unspecified atom stereocenters. The topological polar surface area (TPSA) is 33.0 Å². The van der Waals surface area contributed by atoms with Crippen molar-refractivity contribution in [2.75, 3.05) is 7.11 Å². The molecule has 2 aromatic rings. The predicted molar refractivity (Wildman–Crippen MR) is 62.0 cm³/mol. The number of benzene rings is 2. The van der Waals surface area contributed by atoms with Gasteiger partial charge in [-0.05, 0) is 12.1 Å². The molecule has 0 N–H and O–H groups in total. The van der Waals surface area contributed by atoms with E-state index in [9.17, 15) is 0 Å². The van der Waals surface area contributed by atoms with E-state index >= 15 is 0 Å². The fourth-order valence-electron chi connectivity index (χ4n) is 1.45. The van der Waals surface area contributed by atoms with Gasteiger partial charge in [0, 0.05) is 5.75 Å². The summed E-state index contributed by atoms with van der Waals surface area (Å²) in [6.07, 6.45) is 0. The number of nitrogens with zero attached hydrogens (tertiary/aromatic N) is 1. The molecule has 78 valence electrons. The first-order valence-corrected chi connectivity index (χ1v) is 4.90. The molecular weight excluding hydrogens is 221 g/mol. The molecule has 0 fully saturated rings. The van der Waals surface area contributed by atoms with E-state index in [1.165, 1.54) is 0 Å². The van der Waals surface area contributed by atoms with E-state index < -0.39 is 0 Å². The van der Waals surface area contributed by atoms with Crippen molar-refractivity contribution in [1.29, 1.82) is 5.26 Å². The molecule has 0 spiro atoms. The molecule has 0 atom stereocenters. The normalized spacial score (nSPS) is 8.94. The van der Waals surface area contributed by atoms with E-state index in [4.69, 9.17) is 10.00 Å². The maximum absolute atomic E-state index is 8.69. The average Bonchev–Trinajstić information content (AvgIpc) is 2.39. The first-order chi connectivity index (χ1) is 7.83. The number of methoxy groups -OCH3 is 1. The van der Waals surface area contributed by atoms with Gasteiger partial charge >= 0.3 is 29.6 Å². The first-order valence-electron chi connectivity index (χ1n) is 4.90. The minimum Gasteiger partial charge on any atom is -0.523 e. The number of nitriles is 1. The molecular formula is C14H10NNaO. The Labute approximate surface area is 123 Å². The Balaban J connectivity index is 0.00000144. The summed E-state index contributed by atoms with van der Waals surface area (Å²) in [5, 5.41) is 8.69. The summed E-state index contributed by atoms with van der Waals surface area (Å²) >= 11 is 0. The van der Waals surface area contributed by atoms with Crippen molar-refractivity contribution in [3.8, 4) is 22.9 Å². The Morgan fingerprint density at radius 2 is 1.71 bits per heavy atom. The van der Waals surface area contributed by atoms with Gasteiger partial charge in [-0.25, -0.2) is 0 Å². The van der Waals surface area contributed by atoms with E-state index in [0.29, 0.717) is 5.56 Å². The minimum atomic E-state index is 0. The monoisotopic (exact) mass is 231 g/mol. The van der Waals surface area contributed by atoms with Gasteiger partial charge < -0.3 is 4.74 Å². The summed E-state index contributed by atoms with van der Waals surface area (Å²) in [4.78, 5) is 0. The Kier molecular flexibility index (Phi) is 5.24. The first kappa shape index (κ1) is 13.8. The van der Waals surface area contributed by atoms with Gasteiger partial charge in [-0.3, -0.25) is 0 Å². The summed E-state index contributed by atoms with van der Waals surface area (Å²) in [5.74, 6) is 0.720. The van der Waals surface area contributed by atoms with Crippen LogP contribution in [0.5, 0.6) is 5.75 Å². The van der Waals surface area contributed by atoms with Gasteiger partial charge in [-0.15, -0.1) is 17.7 Å². The quantitative estimate of drug-likeness (QED) is 0.540. The van der Waals surface area contributed by atoms with Crippen LogP contribution >= 0.6 is 0 Å². The number of hydrogen-bond acceptors (Lipinski definition) is 2. The van der Waals surface area contributed by atoms with Crippen molar-refractivity contribution in [3.05, 3.63) is 54.1 Å². The summed E-state index contributed by atoms with van der Waals surface area (Å²) in [7, 11) is 1.62. The third-order valence-electron chi connectivity index (χ3n) is 2.35. The fourth-order valence-corrected chi connectivity index (χ4v) is 1.45. The van der Waals surface area contributed by atoms with Crippen molar-refractivity contribution in [3.63, 3.8) is 0 Å². The zero-order chi connectivity index (χ0) is 11.4. The van der Waals surface area contributed by atoms with Crippen LogP contribution in [0, 0.1) is 17.4 Å². The number of hydrogen-bond donors (Lipinski definition) is 0. The van der Waals surface area contributed by atoms with Crippen LogP contribution in [-0.4, -0.2) is 7.11 Å². The van der Waals surface area contributed by atoms with Gasteiger partial charge in [0.1, 0.15) is 0 Å². The SMILES string of the molecule is COc1[c-]cc(-c2ccc(C#N)cc2)cc1.[Na+]. The smallest absolute Gasteiger partial charge is 0.523 e. The zero-order valence-electron chi connectivity index (χ0n) is 9.90. The molecule has 0 aliphatic heterocycles. The maximum atomic E-state index is 8.69. The third kappa shape index (κ3) is 3.34. The second-order valence-corrected chi connectivity index (χ2v) is 3.33. The molecule has 3 heteroatoms. The van der Waals surface area contributed by atoms with E-state index in [2.05, 4.69) is 12.1 Å². The Morgan fingerprint density at radius 3 is 2.18 bits per heavy atom. The number of ether oxygens (including phenoxy) is 1. The standard InChI is InChI=1S/C14H10NO.Na/c1-16-14-8-6-13(7-9-14)12-4-2-11(10-15)3-5-12;/h2-8H,1H3;/q-1;+1. The Hall–Kier alpha value is -1.27. The van der Waals surface area contributed by atoms with Crippen LogP contribution in [0.1, 0.15) is 5.56 Å². The molecule has 17 heavy (non-hydrogen) atoms. The van der Waals surface area contributed by atoms with Crippen molar-refractivity contribution in [2.45, 2.75) is 0 Å². The fraction of sp³-hybridized carbons (Fsp3) is 0.0714. The zero-order valence-corrected chi connectivity index (χ0v) is 11.9. The van der Waals surface area contributed by atoms with Crippen LogP contribution in [0.25, 0.3) is 11.1 Å². The van der Waals surface area contributed by atoms with Crippen LogP contribution in [0.4, 0.5) is 0 Å². The van der Waals surface area contributed by atoms with Gasteiger partial charge in [0.15, 0.2) is 0 Å². The molecule has 0 aliphatic rings. The maximum Gasteiger partial charge on any atom is 1.00 e. The van der Waals surface area contributed by atoms with Crippen molar-refractivity contribution in [2.24, 2.45) is 0 Å². The number of rotatable bonds is 2. The van der Waals surface area contributed by atoms with Gasteiger partial charge in [0.05, 0.1) is 18.7 Å². The molecule has 0 saturated carbocycles. The summed E-state index contributed by atoms with van der Waals surface area (Å²) in [6.45, 7) is 0. The van der Waals surface area contributed by atoms with Gasteiger partial charge in [0.25, 0.3) is 0 Å². The van der Waals surface area contributed by atoms with Crippen LogP contribution in [0.2, 0.25) is 0 Å². The molecule has 0 bridgehead atoms. The molecule has 0 heterocycles. The average molecular weight is 231 g/mol. The Morgan fingerprint density at radius 1 is 1.06 bits per heavy atom. The molecule has 2 rings (SSSR count). The second-order valence-electron chi connectivity index (χ2n) is 3.33. The molecule has 0 saturated heterocycles. The van der Waals surface area contributed by atoms with E-state index in [1.54, 1.807) is 19.2 Å². The summed E-state index contributed by atoms with van der Waals surface area (Å²) in [6, 6.07) is 18.3. The summed E-state index contributed by atoms with van der Waals surface area (Å²) in [5.41, 5.74) is 2.80. The van der Waals surface area contributed by atoms with Crippen LogP contribution < -0.4 is 34.3 Å². The largest absolute Gasteiger partial charge is 1.00 e. The Bertz CT molecular complexity index is 511. The van der Waals surface area contributed by atoms with Gasteiger partial charge in [-0.1, -0.05) is 17.7 Å². The predicted octanol–water partition coefficient (Wildman–Crippen LogP) is 0.0381. The van der Waals surface area contributed by atoms with Gasteiger partial charge in [-0.2, -0.15) is 17.4 Å². The molecule has 0 amide bonds. The van der Waals surface area contributed by atoms with E-state index in [0.717, 1.165) is 16.9 Å². The molecule has 0 aliphatic carbocycles. The van der Waals surface area contributed by atoms with E-state index in [1.807, 2.05) is 30.3 Å². The third-order valence-corrected chi connectivity index (χ3v) is 2.35. The molecule has 2 nitrogen and oxygen atoms in total. The van der Waals surface area contributed by atoms with Crippen LogP contribution in [0.15, 0.2) is 42.5 Å². The van der Waals surface area contributed by atoms with Gasteiger partial charge in [0.2, 0.25) is 0 Å². The van der Waals surface area contributed by atoms with E-state index in [-0.39, 0.29) is 29.6 Å². The molecule has 0 aromatic heterocycles. The van der Waals surface area contributed by atoms with Crippen molar-refractivity contribution >= 4 is 0 Å². The van der Waals surface area contributed by atoms with Crippen molar-refractivity contribution < 1.29 is 34.3 Å². The molecule has 2 aromatic carbocycles. The minimum absolute atomic E-state index is 0. The summed E-state index contributed by atoms with van der Waals surface area (Å²) < 4.78 is 5.04. The molecule has 0 radical (unpaired) electrons.